The normalized spacial score (nSPS) is 19.5. The highest BCUT2D eigenvalue weighted by Gasteiger charge is 2.20. The number of halogens is 1. The van der Waals surface area contributed by atoms with Gasteiger partial charge in [-0.05, 0) is 35.7 Å². The summed E-state index contributed by atoms with van der Waals surface area (Å²) in [5.41, 5.74) is 0. The van der Waals surface area contributed by atoms with E-state index in [4.69, 9.17) is 0 Å². The van der Waals surface area contributed by atoms with Crippen molar-refractivity contribution in [3.63, 3.8) is 0 Å². The van der Waals surface area contributed by atoms with Crippen molar-refractivity contribution in [3.8, 4) is 0 Å². The summed E-state index contributed by atoms with van der Waals surface area (Å²) in [7, 11) is 0. The van der Waals surface area contributed by atoms with E-state index in [0.29, 0.717) is 6.04 Å². The van der Waals surface area contributed by atoms with Crippen LogP contribution in [0.4, 0.5) is 0 Å². The molecule has 1 amide bonds. The van der Waals surface area contributed by atoms with Crippen molar-refractivity contribution in [3.05, 3.63) is 16.9 Å². The van der Waals surface area contributed by atoms with Gasteiger partial charge in [0, 0.05) is 12.2 Å². The molecule has 106 valence electrons. The number of hydrogen-bond acceptors (Lipinski definition) is 2. The smallest absolute Gasteiger partial charge is 0.244 e. The van der Waals surface area contributed by atoms with Crippen LogP contribution < -0.4 is 5.32 Å². The second-order valence-corrected chi connectivity index (χ2v) is 6.28. The second kappa shape index (κ2) is 7.08. The summed E-state index contributed by atoms with van der Waals surface area (Å²) < 4.78 is 2.60. The average molecular weight is 328 g/mol. The average Bonchev–Trinajstić information content (AvgIpc) is 2.78. The largest absolute Gasteiger partial charge is 0.352 e. The van der Waals surface area contributed by atoms with Crippen molar-refractivity contribution in [2.45, 2.75) is 64.0 Å². The van der Waals surface area contributed by atoms with Crippen LogP contribution in [0.3, 0.4) is 0 Å². The SMILES string of the molecule is CC(C(=O)NC1CCCCCCC1)n1cc(Br)cn1. The van der Waals surface area contributed by atoms with Gasteiger partial charge in [0.1, 0.15) is 6.04 Å². The summed E-state index contributed by atoms with van der Waals surface area (Å²) in [5, 5.41) is 7.35. The number of nitrogens with zero attached hydrogens (tertiary/aromatic N) is 2. The summed E-state index contributed by atoms with van der Waals surface area (Å²) in [6, 6.07) is 0.0889. The first-order chi connectivity index (χ1) is 9.16. The van der Waals surface area contributed by atoms with Crippen LogP contribution in [0.1, 0.15) is 57.9 Å². The highest BCUT2D eigenvalue weighted by Crippen LogP contribution is 2.18. The molecule has 19 heavy (non-hydrogen) atoms. The Morgan fingerprint density at radius 2 is 2.00 bits per heavy atom. The molecule has 1 saturated carbocycles. The minimum atomic E-state index is -0.253. The third-order valence-electron chi connectivity index (χ3n) is 3.80. The lowest BCUT2D eigenvalue weighted by Gasteiger charge is -2.23. The van der Waals surface area contributed by atoms with Gasteiger partial charge in [0.05, 0.1) is 10.7 Å². The molecule has 0 bridgehead atoms. The molecule has 0 spiro atoms. The fourth-order valence-electron chi connectivity index (χ4n) is 2.57. The third kappa shape index (κ3) is 4.34. The van der Waals surface area contributed by atoms with E-state index >= 15 is 0 Å². The zero-order valence-corrected chi connectivity index (χ0v) is 13.0. The predicted molar refractivity (Wildman–Crippen MR) is 78.9 cm³/mol. The molecule has 0 saturated heterocycles. The fourth-order valence-corrected chi connectivity index (χ4v) is 2.87. The van der Waals surface area contributed by atoms with Gasteiger partial charge in [0.2, 0.25) is 5.91 Å². The zero-order chi connectivity index (χ0) is 13.7. The van der Waals surface area contributed by atoms with Gasteiger partial charge in [-0.1, -0.05) is 32.1 Å². The molecular formula is C14H22BrN3O. The standard InChI is InChI=1S/C14H22BrN3O/c1-11(18-10-12(15)9-16-18)14(19)17-13-7-5-3-2-4-6-8-13/h9-11,13H,2-8H2,1H3,(H,17,19). The Balaban J connectivity index is 1.88. The highest BCUT2D eigenvalue weighted by molar-refractivity contribution is 9.10. The Hall–Kier alpha value is -0.840. The molecule has 1 heterocycles. The van der Waals surface area contributed by atoms with E-state index in [9.17, 15) is 4.79 Å². The third-order valence-corrected chi connectivity index (χ3v) is 4.21. The highest BCUT2D eigenvalue weighted by atomic mass is 79.9. The van der Waals surface area contributed by atoms with Crippen molar-refractivity contribution in [1.82, 2.24) is 15.1 Å². The van der Waals surface area contributed by atoms with Gasteiger partial charge in [-0.2, -0.15) is 5.10 Å². The molecular weight excluding hydrogens is 306 g/mol. The van der Waals surface area contributed by atoms with Gasteiger partial charge in [0.15, 0.2) is 0 Å². The molecule has 5 heteroatoms. The summed E-state index contributed by atoms with van der Waals surface area (Å²) in [5.74, 6) is 0.0705. The van der Waals surface area contributed by atoms with Crippen LogP contribution >= 0.6 is 15.9 Å². The molecule has 1 atom stereocenters. The number of nitrogens with one attached hydrogen (secondary N) is 1. The number of rotatable bonds is 3. The van der Waals surface area contributed by atoms with Crippen LogP contribution in [0.25, 0.3) is 0 Å². The topological polar surface area (TPSA) is 46.9 Å². The molecule has 0 aliphatic heterocycles. The number of hydrogen-bond donors (Lipinski definition) is 1. The monoisotopic (exact) mass is 327 g/mol. The maximum atomic E-state index is 12.2. The van der Waals surface area contributed by atoms with Crippen LogP contribution in [0.15, 0.2) is 16.9 Å². The van der Waals surface area contributed by atoms with Crippen LogP contribution in [0, 0.1) is 0 Å². The quantitative estimate of drug-likeness (QED) is 0.924. The van der Waals surface area contributed by atoms with Crippen LogP contribution in [0.5, 0.6) is 0 Å². The molecule has 1 aliphatic rings. The van der Waals surface area contributed by atoms with Crippen molar-refractivity contribution >= 4 is 21.8 Å². The van der Waals surface area contributed by atoms with Crippen molar-refractivity contribution in [2.75, 3.05) is 0 Å². The van der Waals surface area contributed by atoms with E-state index in [2.05, 4.69) is 26.3 Å². The Labute approximate surface area is 123 Å². The minimum absolute atomic E-state index is 0.0705. The number of carbonyl (C=O) groups excluding carboxylic acids is 1. The molecule has 0 radical (unpaired) electrons. The van der Waals surface area contributed by atoms with E-state index in [-0.39, 0.29) is 11.9 Å². The van der Waals surface area contributed by atoms with E-state index in [1.54, 1.807) is 10.9 Å². The van der Waals surface area contributed by atoms with Crippen LogP contribution in [-0.2, 0) is 4.79 Å². The van der Waals surface area contributed by atoms with Gasteiger partial charge >= 0.3 is 0 Å². The van der Waals surface area contributed by atoms with E-state index in [0.717, 1.165) is 17.3 Å². The van der Waals surface area contributed by atoms with Crippen molar-refractivity contribution < 1.29 is 4.79 Å². The number of aromatic nitrogens is 2. The molecule has 1 N–H and O–H groups in total. The Bertz CT molecular complexity index is 411. The molecule has 1 aromatic heterocycles. The lowest BCUT2D eigenvalue weighted by Crippen LogP contribution is -2.39. The lowest BCUT2D eigenvalue weighted by atomic mass is 9.96. The first-order valence-electron chi connectivity index (χ1n) is 7.17. The molecule has 1 unspecified atom stereocenters. The van der Waals surface area contributed by atoms with Gasteiger partial charge < -0.3 is 5.32 Å². The first-order valence-corrected chi connectivity index (χ1v) is 7.96. The number of amides is 1. The Morgan fingerprint density at radius 3 is 2.58 bits per heavy atom. The number of carbonyl (C=O) groups is 1. The van der Waals surface area contributed by atoms with Gasteiger partial charge in [-0.3, -0.25) is 9.48 Å². The summed E-state index contributed by atoms with van der Waals surface area (Å²) >= 11 is 3.35. The van der Waals surface area contributed by atoms with Crippen LogP contribution in [0.2, 0.25) is 0 Å². The first kappa shape index (κ1) is 14.6. The van der Waals surface area contributed by atoms with E-state index < -0.39 is 0 Å². The molecule has 2 rings (SSSR count). The van der Waals surface area contributed by atoms with Gasteiger partial charge in [-0.15, -0.1) is 0 Å². The summed E-state index contributed by atoms with van der Waals surface area (Å²) in [6.07, 6.45) is 12.2. The molecule has 0 aromatic carbocycles. The summed E-state index contributed by atoms with van der Waals surface area (Å²) in [6.45, 7) is 1.89. The Morgan fingerprint density at radius 1 is 1.37 bits per heavy atom. The lowest BCUT2D eigenvalue weighted by molar-refractivity contribution is -0.125. The molecule has 4 nitrogen and oxygen atoms in total. The van der Waals surface area contributed by atoms with Gasteiger partial charge in [-0.25, -0.2) is 0 Å². The molecule has 1 aliphatic carbocycles. The van der Waals surface area contributed by atoms with Crippen molar-refractivity contribution in [2.24, 2.45) is 0 Å². The van der Waals surface area contributed by atoms with Crippen LogP contribution in [-0.4, -0.2) is 21.7 Å². The summed E-state index contributed by atoms with van der Waals surface area (Å²) in [4.78, 5) is 12.2. The Kier molecular flexibility index (Phi) is 5.43. The van der Waals surface area contributed by atoms with E-state index in [1.165, 1.54) is 32.1 Å². The van der Waals surface area contributed by atoms with E-state index in [1.807, 2.05) is 13.1 Å². The minimum Gasteiger partial charge on any atom is -0.352 e. The fraction of sp³-hybridized carbons (Fsp3) is 0.714. The maximum Gasteiger partial charge on any atom is 0.244 e. The maximum absolute atomic E-state index is 12.2. The molecule has 1 fully saturated rings. The van der Waals surface area contributed by atoms with Crippen molar-refractivity contribution in [1.29, 1.82) is 0 Å². The molecule has 1 aromatic rings. The van der Waals surface area contributed by atoms with Gasteiger partial charge in [0.25, 0.3) is 0 Å². The second-order valence-electron chi connectivity index (χ2n) is 5.37. The predicted octanol–water partition coefficient (Wildman–Crippen LogP) is 3.44. The zero-order valence-electron chi connectivity index (χ0n) is 11.4.